The summed E-state index contributed by atoms with van der Waals surface area (Å²) in [5, 5.41) is 9.46. The Morgan fingerprint density at radius 3 is 2.29 bits per heavy atom. The van der Waals surface area contributed by atoms with Gasteiger partial charge < -0.3 is 5.11 Å². The summed E-state index contributed by atoms with van der Waals surface area (Å²) in [7, 11) is 0. The molecule has 0 saturated carbocycles. The maximum atomic E-state index is 9.46. The van der Waals surface area contributed by atoms with Crippen LogP contribution in [0.5, 0.6) is 0 Å². The lowest BCUT2D eigenvalue weighted by Crippen LogP contribution is -2.17. The Morgan fingerprint density at radius 2 is 1.71 bits per heavy atom. The number of hydrogen-bond acceptors (Lipinski definition) is 1. The van der Waals surface area contributed by atoms with Crippen molar-refractivity contribution in [1.29, 1.82) is 0 Å². The molecule has 0 aliphatic rings. The second-order valence-electron chi connectivity index (χ2n) is 4.40. The van der Waals surface area contributed by atoms with Crippen molar-refractivity contribution >= 4 is 0 Å². The first-order valence-electron chi connectivity index (χ1n) is 5.54. The van der Waals surface area contributed by atoms with E-state index in [2.05, 4.69) is 18.7 Å². The molecule has 1 heteroatoms. The fourth-order valence-corrected chi connectivity index (χ4v) is 1.27. The van der Waals surface area contributed by atoms with E-state index in [9.17, 15) is 5.11 Å². The zero-order valence-corrected chi connectivity index (χ0v) is 9.63. The minimum Gasteiger partial charge on any atom is -0.390 e. The van der Waals surface area contributed by atoms with Crippen molar-refractivity contribution in [2.24, 2.45) is 0 Å². The molecule has 0 saturated heterocycles. The fourth-order valence-electron chi connectivity index (χ4n) is 1.27. The highest BCUT2D eigenvalue weighted by molar-refractivity contribution is 4.84. The van der Waals surface area contributed by atoms with Gasteiger partial charge in [-0.25, -0.2) is 0 Å². The van der Waals surface area contributed by atoms with Gasteiger partial charge in [-0.15, -0.1) is 6.58 Å². The predicted molar refractivity (Wildman–Crippen MR) is 63.3 cm³/mol. The monoisotopic (exact) mass is 196 g/mol. The second kappa shape index (κ2) is 7.81. The lowest BCUT2D eigenvalue weighted by Gasteiger charge is -2.15. The van der Waals surface area contributed by atoms with Crippen LogP contribution in [0, 0.1) is 0 Å². The molecule has 0 atom stereocenters. The van der Waals surface area contributed by atoms with Gasteiger partial charge in [0.2, 0.25) is 0 Å². The van der Waals surface area contributed by atoms with Gasteiger partial charge in [0.05, 0.1) is 5.60 Å². The van der Waals surface area contributed by atoms with Gasteiger partial charge >= 0.3 is 0 Å². The normalized spacial score (nSPS) is 12.2. The molecule has 0 fully saturated rings. The molecule has 0 aromatic rings. The van der Waals surface area contributed by atoms with Crippen LogP contribution in [-0.2, 0) is 0 Å². The second-order valence-corrected chi connectivity index (χ2v) is 4.40. The molecule has 0 aromatic carbocycles. The van der Waals surface area contributed by atoms with E-state index in [1.54, 1.807) is 0 Å². The quantitative estimate of drug-likeness (QED) is 0.462. The summed E-state index contributed by atoms with van der Waals surface area (Å²) >= 11 is 0. The molecular formula is C13H24O. The largest absolute Gasteiger partial charge is 0.390 e. The van der Waals surface area contributed by atoms with Gasteiger partial charge in [-0.2, -0.15) is 0 Å². The van der Waals surface area contributed by atoms with E-state index < -0.39 is 5.60 Å². The van der Waals surface area contributed by atoms with Crippen LogP contribution in [0.1, 0.15) is 52.4 Å². The van der Waals surface area contributed by atoms with Crippen molar-refractivity contribution in [1.82, 2.24) is 0 Å². The third kappa shape index (κ3) is 11.4. The Labute approximate surface area is 88.5 Å². The summed E-state index contributed by atoms with van der Waals surface area (Å²) < 4.78 is 0. The Balaban J connectivity index is 3.21. The van der Waals surface area contributed by atoms with Crippen molar-refractivity contribution in [2.45, 2.75) is 58.0 Å². The minimum absolute atomic E-state index is 0.493. The molecule has 0 amide bonds. The van der Waals surface area contributed by atoms with Gasteiger partial charge in [0.15, 0.2) is 0 Å². The molecule has 0 rings (SSSR count). The van der Waals surface area contributed by atoms with Crippen LogP contribution in [0.2, 0.25) is 0 Å². The molecule has 0 unspecified atom stereocenters. The fraction of sp³-hybridized carbons (Fsp3) is 0.692. The standard InChI is InChI=1S/C13H24O/c1-4-5-6-7-8-9-10-11-12-13(2,3)14/h4,7-8,14H,1,5-6,9-12H2,2-3H3. The molecule has 0 aliphatic carbocycles. The van der Waals surface area contributed by atoms with Crippen molar-refractivity contribution in [3.63, 3.8) is 0 Å². The van der Waals surface area contributed by atoms with Crippen molar-refractivity contribution in [3.05, 3.63) is 24.8 Å². The summed E-state index contributed by atoms with van der Waals surface area (Å²) in [5.74, 6) is 0. The maximum Gasteiger partial charge on any atom is 0.0591 e. The summed E-state index contributed by atoms with van der Waals surface area (Å²) in [4.78, 5) is 0. The van der Waals surface area contributed by atoms with Crippen LogP contribution >= 0.6 is 0 Å². The first-order chi connectivity index (χ1) is 6.56. The third-order valence-electron chi connectivity index (χ3n) is 2.11. The number of allylic oxidation sites excluding steroid dienone is 3. The van der Waals surface area contributed by atoms with E-state index >= 15 is 0 Å². The topological polar surface area (TPSA) is 20.2 Å². The van der Waals surface area contributed by atoms with Crippen LogP contribution < -0.4 is 0 Å². The molecule has 1 nitrogen and oxygen atoms in total. The van der Waals surface area contributed by atoms with E-state index in [0.29, 0.717) is 0 Å². The van der Waals surface area contributed by atoms with Crippen molar-refractivity contribution in [3.8, 4) is 0 Å². The predicted octanol–water partition coefficient (Wildman–Crippen LogP) is 3.84. The van der Waals surface area contributed by atoms with Gasteiger partial charge in [0.25, 0.3) is 0 Å². The Hall–Kier alpha value is -0.560. The molecule has 0 aliphatic heterocycles. The summed E-state index contributed by atoms with van der Waals surface area (Å²) in [6.45, 7) is 7.41. The highest BCUT2D eigenvalue weighted by atomic mass is 16.3. The summed E-state index contributed by atoms with van der Waals surface area (Å²) in [5.41, 5.74) is -0.493. The van der Waals surface area contributed by atoms with Crippen LogP contribution in [0.15, 0.2) is 24.8 Å². The summed E-state index contributed by atoms with van der Waals surface area (Å²) in [6.07, 6.45) is 12.9. The lowest BCUT2D eigenvalue weighted by atomic mass is 10.0. The number of rotatable bonds is 8. The van der Waals surface area contributed by atoms with E-state index in [4.69, 9.17) is 0 Å². The lowest BCUT2D eigenvalue weighted by molar-refractivity contribution is 0.0683. The van der Waals surface area contributed by atoms with Gasteiger partial charge in [0.1, 0.15) is 0 Å². The first-order valence-corrected chi connectivity index (χ1v) is 5.54. The van der Waals surface area contributed by atoms with Crippen molar-refractivity contribution < 1.29 is 5.11 Å². The third-order valence-corrected chi connectivity index (χ3v) is 2.11. The van der Waals surface area contributed by atoms with Crippen LogP contribution in [0.25, 0.3) is 0 Å². The smallest absolute Gasteiger partial charge is 0.0591 e. The minimum atomic E-state index is -0.493. The Kier molecular flexibility index (Phi) is 7.50. The Morgan fingerprint density at radius 1 is 1.07 bits per heavy atom. The van der Waals surface area contributed by atoms with E-state index in [-0.39, 0.29) is 0 Å². The van der Waals surface area contributed by atoms with Crippen LogP contribution in [0.3, 0.4) is 0 Å². The maximum absolute atomic E-state index is 9.46. The van der Waals surface area contributed by atoms with E-state index in [0.717, 1.165) is 32.1 Å². The molecule has 0 spiro atoms. The zero-order chi connectivity index (χ0) is 10.9. The molecular weight excluding hydrogens is 172 g/mol. The van der Waals surface area contributed by atoms with Gasteiger partial charge in [0, 0.05) is 0 Å². The molecule has 0 bridgehead atoms. The molecule has 1 N–H and O–H groups in total. The zero-order valence-electron chi connectivity index (χ0n) is 9.63. The van der Waals surface area contributed by atoms with Gasteiger partial charge in [-0.1, -0.05) is 24.6 Å². The first kappa shape index (κ1) is 13.4. The van der Waals surface area contributed by atoms with Gasteiger partial charge in [-0.3, -0.25) is 0 Å². The highest BCUT2D eigenvalue weighted by Gasteiger charge is 2.10. The van der Waals surface area contributed by atoms with Crippen LogP contribution in [0.4, 0.5) is 0 Å². The summed E-state index contributed by atoms with van der Waals surface area (Å²) in [6, 6.07) is 0. The number of aliphatic hydroxyl groups is 1. The van der Waals surface area contributed by atoms with Crippen LogP contribution in [-0.4, -0.2) is 10.7 Å². The molecule has 82 valence electrons. The Bertz CT molecular complexity index is 163. The number of hydrogen-bond donors (Lipinski definition) is 1. The SMILES string of the molecule is C=CCCC=CCCCCC(C)(C)O. The van der Waals surface area contributed by atoms with Crippen molar-refractivity contribution in [2.75, 3.05) is 0 Å². The molecule has 0 aromatic heterocycles. The van der Waals surface area contributed by atoms with Gasteiger partial charge in [-0.05, 0) is 46.0 Å². The van der Waals surface area contributed by atoms with E-state index in [1.165, 1.54) is 6.42 Å². The highest BCUT2D eigenvalue weighted by Crippen LogP contribution is 2.13. The van der Waals surface area contributed by atoms with E-state index in [1.807, 2.05) is 19.9 Å². The average molecular weight is 196 g/mol. The molecule has 0 heterocycles. The average Bonchev–Trinajstić information content (AvgIpc) is 2.08. The molecule has 0 radical (unpaired) electrons. The molecule has 14 heavy (non-hydrogen) atoms. The number of unbranched alkanes of at least 4 members (excludes halogenated alkanes) is 3.